The van der Waals surface area contributed by atoms with Crippen LogP contribution in [0.25, 0.3) is 0 Å². The summed E-state index contributed by atoms with van der Waals surface area (Å²) in [5.74, 6) is -1.16. The quantitative estimate of drug-likeness (QED) is 0.836. The van der Waals surface area contributed by atoms with E-state index in [1.807, 2.05) is 18.7 Å². The summed E-state index contributed by atoms with van der Waals surface area (Å²) in [7, 11) is 0. The highest BCUT2D eigenvalue weighted by Gasteiger charge is 2.67. The predicted molar refractivity (Wildman–Crippen MR) is 68.0 cm³/mol. The van der Waals surface area contributed by atoms with Crippen molar-refractivity contribution in [2.24, 2.45) is 23.2 Å². The highest BCUT2D eigenvalue weighted by atomic mass is 16.4. The Morgan fingerprint density at radius 1 is 1.28 bits per heavy atom. The molecule has 4 heteroatoms. The topological polar surface area (TPSA) is 57.6 Å². The molecular formula is C14H23NO3. The zero-order valence-electron chi connectivity index (χ0n) is 11.6. The van der Waals surface area contributed by atoms with E-state index in [4.69, 9.17) is 5.11 Å². The summed E-state index contributed by atoms with van der Waals surface area (Å²) in [5.41, 5.74) is -0.382. The molecule has 1 aliphatic carbocycles. The van der Waals surface area contributed by atoms with E-state index >= 15 is 0 Å². The van der Waals surface area contributed by atoms with Gasteiger partial charge in [-0.3, -0.25) is 9.59 Å². The Balaban J connectivity index is 2.11. The van der Waals surface area contributed by atoms with Crippen molar-refractivity contribution >= 4 is 11.9 Å². The number of hydrogen-bond donors (Lipinski definition) is 1. The molecule has 0 aromatic rings. The van der Waals surface area contributed by atoms with Gasteiger partial charge in [-0.05, 0) is 24.2 Å². The second kappa shape index (κ2) is 4.25. The van der Waals surface area contributed by atoms with Gasteiger partial charge in [0.05, 0.1) is 11.8 Å². The van der Waals surface area contributed by atoms with E-state index in [-0.39, 0.29) is 17.2 Å². The first-order valence-electron chi connectivity index (χ1n) is 6.81. The van der Waals surface area contributed by atoms with Crippen LogP contribution in [0.4, 0.5) is 0 Å². The number of carbonyl (C=O) groups is 2. The summed E-state index contributed by atoms with van der Waals surface area (Å²) in [4.78, 5) is 25.6. The molecule has 1 amide bonds. The van der Waals surface area contributed by atoms with Crippen LogP contribution >= 0.6 is 0 Å². The molecule has 3 atom stereocenters. The molecule has 1 heterocycles. The Labute approximate surface area is 108 Å². The summed E-state index contributed by atoms with van der Waals surface area (Å²) in [6.07, 6.45) is 2.09. The fourth-order valence-electron chi connectivity index (χ4n) is 3.50. The Bertz CT molecular complexity index is 375. The van der Waals surface area contributed by atoms with Gasteiger partial charge >= 0.3 is 5.97 Å². The summed E-state index contributed by atoms with van der Waals surface area (Å²) in [5, 5.41) is 9.16. The van der Waals surface area contributed by atoms with Crippen LogP contribution in [0, 0.1) is 23.2 Å². The van der Waals surface area contributed by atoms with Crippen molar-refractivity contribution in [1.82, 2.24) is 4.90 Å². The SMILES string of the molecule is CC(C)C1CCCN1C(=O)C1C(C(=O)O)C1(C)C. The summed E-state index contributed by atoms with van der Waals surface area (Å²) in [6.45, 7) is 8.82. The molecule has 2 aliphatic rings. The van der Waals surface area contributed by atoms with Crippen LogP contribution in [0.2, 0.25) is 0 Å². The third-order valence-electron chi connectivity index (χ3n) is 4.71. The van der Waals surface area contributed by atoms with E-state index in [2.05, 4.69) is 13.8 Å². The van der Waals surface area contributed by atoms with Gasteiger partial charge in [0.15, 0.2) is 0 Å². The van der Waals surface area contributed by atoms with Gasteiger partial charge < -0.3 is 10.0 Å². The van der Waals surface area contributed by atoms with Crippen molar-refractivity contribution in [2.75, 3.05) is 6.54 Å². The minimum absolute atomic E-state index is 0.0589. The maximum absolute atomic E-state index is 12.5. The fraction of sp³-hybridized carbons (Fsp3) is 0.857. The first-order chi connectivity index (χ1) is 8.28. The van der Waals surface area contributed by atoms with Gasteiger partial charge in [0.25, 0.3) is 0 Å². The van der Waals surface area contributed by atoms with Crippen LogP contribution in [0.3, 0.4) is 0 Å². The molecule has 18 heavy (non-hydrogen) atoms. The smallest absolute Gasteiger partial charge is 0.307 e. The average Bonchev–Trinajstić information content (AvgIpc) is 2.64. The lowest BCUT2D eigenvalue weighted by Gasteiger charge is -2.28. The van der Waals surface area contributed by atoms with E-state index in [1.54, 1.807) is 0 Å². The summed E-state index contributed by atoms with van der Waals surface area (Å²) in [6, 6.07) is 0.295. The number of likely N-dealkylation sites (tertiary alicyclic amines) is 1. The van der Waals surface area contributed by atoms with Gasteiger partial charge in [-0.15, -0.1) is 0 Å². The maximum Gasteiger partial charge on any atom is 0.307 e. The average molecular weight is 253 g/mol. The van der Waals surface area contributed by atoms with Crippen LogP contribution in [0.5, 0.6) is 0 Å². The Kier molecular flexibility index (Phi) is 3.16. The molecule has 1 saturated heterocycles. The molecule has 2 fully saturated rings. The molecule has 0 radical (unpaired) electrons. The number of aliphatic carboxylic acids is 1. The van der Waals surface area contributed by atoms with Crippen LogP contribution in [0.1, 0.15) is 40.5 Å². The molecule has 0 bridgehead atoms. The Morgan fingerprint density at radius 3 is 2.33 bits per heavy atom. The summed E-state index contributed by atoms with van der Waals surface area (Å²) < 4.78 is 0. The Hall–Kier alpha value is -1.06. The van der Waals surface area contributed by atoms with Gasteiger partial charge in [0.1, 0.15) is 0 Å². The lowest BCUT2D eigenvalue weighted by molar-refractivity contribution is -0.142. The first-order valence-corrected chi connectivity index (χ1v) is 6.81. The molecule has 0 aromatic heterocycles. The second-order valence-corrected chi connectivity index (χ2v) is 6.60. The first kappa shape index (κ1) is 13.4. The molecule has 1 aliphatic heterocycles. The zero-order valence-corrected chi connectivity index (χ0v) is 11.6. The van der Waals surface area contributed by atoms with Gasteiger partial charge in [0.2, 0.25) is 5.91 Å². The normalized spacial score (nSPS) is 33.8. The van der Waals surface area contributed by atoms with Crippen LogP contribution < -0.4 is 0 Å². The second-order valence-electron chi connectivity index (χ2n) is 6.60. The van der Waals surface area contributed by atoms with E-state index in [0.717, 1.165) is 19.4 Å². The largest absolute Gasteiger partial charge is 0.481 e. The number of amides is 1. The van der Waals surface area contributed by atoms with Crippen molar-refractivity contribution < 1.29 is 14.7 Å². The molecule has 4 nitrogen and oxygen atoms in total. The molecule has 0 spiro atoms. The lowest BCUT2D eigenvalue weighted by Crippen LogP contribution is -2.40. The van der Waals surface area contributed by atoms with Crippen LogP contribution in [-0.4, -0.2) is 34.5 Å². The van der Waals surface area contributed by atoms with Crippen molar-refractivity contribution in [3.63, 3.8) is 0 Å². The minimum atomic E-state index is -0.835. The molecule has 1 saturated carbocycles. The molecule has 102 valence electrons. The van der Waals surface area contributed by atoms with E-state index in [1.165, 1.54) is 0 Å². The van der Waals surface area contributed by atoms with E-state index < -0.39 is 11.9 Å². The molecule has 2 rings (SSSR count). The number of rotatable bonds is 3. The number of nitrogens with zero attached hydrogens (tertiary/aromatic N) is 1. The molecule has 0 aromatic carbocycles. The number of hydrogen-bond acceptors (Lipinski definition) is 2. The molecular weight excluding hydrogens is 230 g/mol. The predicted octanol–water partition coefficient (Wildman–Crippen LogP) is 1.99. The fourth-order valence-corrected chi connectivity index (χ4v) is 3.50. The molecule has 3 unspecified atom stereocenters. The molecule has 1 N–H and O–H groups in total. The van der Waals surface area contributed by atoms with Gasteiger partial charge in [-0.2, -0.15) is 0 Å². The van der Waals surface area contributed by atoms with Crippen LogP contribution in [0.15, 0.2) is 0 Å². The number of carboxylic acids is 1. The van der Waals surface area contributed by atoms with Crippen molar-refractivity contribution in [2.45, 2.75) is 46.6 Å². The van der Waals surface area contributed by atoms with Gasteiger partial charge in [0, 0.05) is 12.6 Å². The van der Waals surface area contributed by atoms with Crippen molar-refractivity contribution in [1.29, 1.82) is 0 Å². The van der Waals surface area contributed by atoms with E-state index in [0.29, 0.717) is 12.0 Å². The minimum Gasteiger partial charge on any atom is -0.481 e. The standard InChI is InChI=1S/C14H23NO3/c1-8(2)9-6-5-7-15(9)12(16)10-11(13(17)18)14(10,3)4/h8-11H,5-7H2,1-4H3,(H,17,18). The third kappa shape index (κ3) is 1.91. The van der Waals surface area contributed by atoms with Gasteiger partial charge in [-0.25, -0.2) is 0 Å². The number of carboxylic acid groups (broad SMARTS) is 1. The van der Waals surface area contributed by atoms with Gasteiger partial charge in [-0.1, -0.05) is 27.7 Å². The van der Waals surface area contributed by atoms with Crippen molar-refractivity contribution in [3.05, 3.63) is 0 Å². The highest BCUT2D eigenvalue weighted by molar-refractivity contribution is 5.92. The Morgan fingerprint density at radius 2 is 1.89 bits per heavy atom. The van der Waals surface area contributed by atoms with Crippen molar-refractivity contribution in [3.8, 4) is 0 Å². The lowest BCUT2D eigenvalue weighted by atomic mass is 10.0. The van der Waals surface area contributed by atoms with Crippen LogP contribution in [-0.2, 0) is 9.59 Å². The number of carbonyl (C=O) groups excluding carboxylic acids is 1. The zero-order chi connectivity index (χ0) is 13.7. The maximum atomic E-state index is 12.5. The van der Waals surface area contributed by atoms with E-state index in [9.17, 15) is 9.59 Å². The highest BCUT2D eigenvalue weighted by Crippen LogP contribution is 2.59. The monoisotopic (exact) mass is 253 g/mol. The third-order valence-corrected chi connectivity index (χ3v) is 4.71. The summed E-state index contributed by atoms with van der Waals surface area (Å²) >= 11 is 0.